The van der Waals surface area contributed by atoms with E-state index in [9.17, 15) is 0 Å². The summed E-state index contributed by atoms with van der Waals surface area (Å²) in [4.78, 5) is 2.79. The average Bonchev–Trinajstić information content (AvgIpc) is 2.76. The Morgan fingerprint density at radius 3 is 1.44 bits per heavy atom. The smallest absolute Gasteiger partial charge is 0.0409 e. The zero-order chi connectivity index (χ0) is 23.7. The number of hydrogen-bond acceptors (Lipinski definition) is 1. The lowest BCUT2D eigenvalue weighted by Crippen LogP contribution is -2.54. The Bertz CT molecular complexity index is 545. The molecule has 0 atom stereocenters. The Labute approximate surface area is 202 Å². The molecule has 1 aromatic rings. The maximum absolute atomic E-state index is 2.79. The van der Waals surface area contributed by atoms with E-state index in [0.717, 1.165) is 0 Å². The van der Waals surface area contributed by atoms with Crippen molar-refractivity contribution >= 4 is 0 Å². The molecule has 0 saturated carbocycles. The van der Waals surface area contributed by atoms with Crippen molar-refractivity contribution in [1.29, 1.82) is 0 Å². The molecule has 0 aromatic heterocycles. The van der Waals surface area contributed by atoms with Crippen LogP contribution < -0.4 is 0 Å². The van der Waals surface area contributed by atoms with Crippen LogP contribution in [0.4, 0.5) is 0 Å². The predicted molar refractivity (Wildman–Crippen MR) is 145 cm³/mol. The van der Waals surface area contributed by atoms with Crippen LogP contribution in [-0.4, -0.2) is 17.0 Å². The van der Waals surface area contributed by atoms with Crippen molar-refractivity contribution in [3.63, 3.8) is 0 Å². The molecule has 1 nitrogen and oxygen atoms in total. The van der Waals surface area contributed by atoms with E-state index in [0.29, 0.717) is 0 Å². The highest BCUT2D eigenvalue weighted by Crippen LogP contribution is 2.36. The van der Waals surface area contributed by atoms with Gasteiger partial charge in [0.2, 0.25) is 0 Å². The fourth-order valence-electron chi connectivity index (χ4n) is 5.55. The molecule has 0 spiro atoms. The van der Waals surface area contributed by atoms with E-state index in [2.05, 4.69) is 76.8 Å². The van der Waals surface area contributed by atoms with Gasteiger partial charge in [-0.05, 0) is 52.6 Å². The van der Waals surface area contributed by atoms with Crippen LogP contribution >= 0.6 is 0 Å². The van der Waals surface area contributed by atoms with Gasteiger partial charge in [-0.15, -0.1) is 0 Å². The average molecular weight is 444 g/mol. The zero-order valence-corrected chi connectivity index (χ0v) is 22.9. The number of rotatable bonds is 20. The largest absolute Gasteiger partial charge is 0.289 e. The van der Waals surface area contributed by atoms with E-state index >= 15 is 0 Å². The molecule has 0 unspecified atom stereocenters. The standard InChI is InChI=1S/C31H57N/c1-7-9-10-11-12-13-14-15-16-17-18-19-20-24-28-32(30(3,4)27-8-2)31(5,6)29-25-22-21-23-26-29/h21-23,25-26H,7-20,24,27-28H2,1-6H3. The van der Waals surface area contributed by atoms with Gasteiger partial charge in [-0.2, -0.15) is 0 Å². The molecule has 0 fully saturated rings. The van der Waals surface area contributed by atoms with Crippen molar-refractivity contribution in [3.05, 3.63) is 35.9 Å². The monoisotopic (exact) mass is 443 g/mol. The van der Waals surface area contributed by atoms with Gasteiger partial charge in [-0.25, -0.2) is 0 Å². The zero-order valence-electron chi connectivity index (χ0n) is 22.9. The summed E-state index contributed by atoms with van der Waals surface area (Å²) < 4.78 is 0. The Balaban J connectivity index is 2.29. The minimum absolute atomic E-state index is 0.0659. The van der Waals surface area contributed by atoms with Gasteiger partial charge in [0.05, 0.1) is 0 Å². The molecule has 32 heavy (non-hydrogen) atoms. The van der Waals surface area contributed by atoms with Gasteiger partial charge in [-0.1, -0.05) is 134 Å². The van der Waals surface area contributed by atoms with Crippen LogP contribution in [0.25, 0.3) is 0 Å². The molecule has 0 heterocycles. The van der Waals surface area contributed by atoms with Gasteiger partial charge in [0.15, 0.2) is 0 Å². The molecule has 0 aliphatic carbocycles. The molecular formula is C31H57N. The van der Waals surface area contributed by atoms with Crippen LogP contribution in [0.3, 0.4) is 0 Å². The van der Waals surface area contributed by atoms with E-state index < -0.39 is 0 Å². The second-order valence-corrected chi connectivity index (χ2v) is 11.2. The molecule has 0 bridgehead atoms. The summed E-state index contributed by atoms with van der Waals surface area (Å²) >= 11 is 0. The van der Waals surface area contributed by atoms with Gasteiger partial charge >= 0.3 is 0 Å². The molecule has 0 aliphatic rings. The minimum atomic E-state index is 0.0659. The third kappa shape index (κ3) is 11.4. The van der Waals surface area contributed by atoms with Crippen LogP contribution in [0.5, 0.6) is 0 Å². The summed E-state index contributed by atoms with van der Waals surface area (Å²) in [6.45, 7) is 15.6. The fourth-order valence-corrected chi connectivity index (χ4v) is 5.55. The van der Waals surface area contributed by atoms with Crippen LogP contribution in [0.2, 0.25) is 0 Å². The Hall–Kier alpha value is -0.820. The highest BCUT2D eigenvalue weighted by molar-refractivity contribution is 5.23. The molecule has 0 saturated heterocycles. The summed E-state index contributed by atoms with van der Waals surface area (Å²) in [6.07, 6.45) is 22.5. The summed E-state index contributed by atoms with van der Waals surface area (Å²) in [5, 5.41) is 0. The highest BCUT2D eigenvalue weighted by Gasteiger charge is 2.37. The number of unbranched alkanes of at least 4 members (excludes halogenated alkanes) is 13. The van der Waals surface area contributed by atoms with Gasteiger partial charge in [-0.3, -0.25) is 4.90 Å². The van der Waals surface area contributed by atoms with E-state index in [1.165, 1.54) is 115 Å². The van der Waals surface area contributed by atoms with Crippen molar-refractivity contribution < 1.29 is 0 Å². The quantitative estimate of drug-likeness (QED) is 0.181. The van der Waals surface area contributed by atoms with Crippen LogP contribution in [0.15, 0.2) is 30.3 Å². The summed E-state index contributed by atoms with van der Waals surface area (Å²) in [5.74, 6) is 0. The molecule has 0 radical (unpaired) electrons. The number of nitrogens with zero attached hydrogens (tertiary/aromatic N) is 1. The molecule has 1 heteroatoms. The van der Waals surface area contributed by atoms with Gasteiger partial charge in [0.25, 0.3) is 0 Å². The summed E-state index contributed by atoms with van der Waals surface area (Å²) in [6, 6.07) is 11.1. The topological polar surface area (TPSA) is 3.24 Å². The van der Waals surface area contributed by atoms with Crippen LogP contribution in [-0.2, 0) is 5.54 Å². The van der Waals surface area contributed by atoms with Gasteiger partial charge in [0, 0.05) is 11.1 Å². The number of benzene rings is 1. The maximum atomic E-state index is 2.79. The summed E-state index contributed by atoms with van der Waals surface area (Å²) in [7, 11) is 0. The first-order chi connectivity index (χ1) is 15.4. The van der Waals surface area contributed by atoms with Gasteiger partial charge < -0.3 is 0 Å². The van der Waals surface area contributed by atoms with Crippen molar-refractivity contribution in [2.75, 3.05) is 6.54 Å². The predicted octanol–water partition coefficient (Wildman–Crippen LogP) is 10.3. The van der Waals surface area contributed by atoms with Crippen molar-refractivity contribution in [1.82, 2.24) is 4.90 Å². The first-order valence-electron chi connectivity index (χ1n) is 14.2. The van der Waals surface area contributed by atoms with E-state index in [1.807, 2.05) is 0 Å². The van der Waals surface area contributed by atoms with Crippen LogP contribution in [0.1, 0.15) is 150 Å². The highest BCUT2D eigenvalue weighted by atomic mass is 15.2. The minimum Gasteiger partial charge on any atom is -0.289 e. The molecule has 1 rings (SSSR count). The third-order valence-electron chi connectivity index (χ3n) is 7.48. The summed E-state index contributed by atoms with van der Waals surface area (Å²) in [5.41, 5.74) is 1.73. The normalized spacial score (nSPS) is 12.6. The third-order valence-corrected chi connectivity index (χ3v) is 7.48. The Morgan fingerprint density at radius 2 is 1.00 bits per heavy atom. The second kappa shape index (κ2) is 16.7. The van der Waals surface area contributed by atoms with Gasteiger partial charge in [0.1, 0.15) is 0 Å². The lowest BCUT2D eigenvalue weighted by atomic mass is 9.84. The lowest BCUT2D eigenvalue weighted by molar-refractivity contribution is 0.00591. The van der Waals surface area contributed by atoms with E-state index in [1.54, 1.807) is 0 Å². The molecule has 0 N–H and O–H groups in total. The molecule has 186 valence electrons. The van der Waals surface area contributed by atoms with Crippen molar-refractivity contribution in [2.24, 2.45) is 0 Å². The first-order valence-corrected chi connectivity index (χ1v) is 14.2. The SMILES string of the molecule is CCCCCCCCCCCCCCCCN(C(C)(C)CCC)C(C)(C)c1ccccc1. The Kier molecular flexibility index (Phi) is 15.3. The van der Waals surface area contributed by atoms with Crippen molar-refractivity contribution in [2.45, 2.75) is 155 Å². The molecule has 0 amide bonds. The lowest BCUT2D eigenvalue weighted by Gasteiger charge is -2.49. The number of hydrogen-bond donors (Lipinski definition) is 0. The Morgan fingerprint density at radius 1 is 0.562 bits per heavy atom. The molecule has 1 aromatic carbocycles. The maximum Gasteiger partial charge on any atom is 0.0409 e. The van der Waals surface area contributed by atoms with Crippen LogP contribution in [0, 0.1) is 0 Å². The molecular weight excluding hydrogens is 386 g/mol. The van der Waals surface area contributed by atoms with Crippen molar-refractivity contribution in [3.8, 4) is 0 Å². The van der Waals surface area contributed by atoms with E-state index in [-0.39, 0.29) is 11.1 Å². The second-order valence-electron chi connectivity index (χ2n) is 11.2. The fraction of sp³-hybridized carbons (Fsp3) is 0.806. The van der Waals surface area contributed by atoms with E-state index in [4.69, 9.17) is 0 Å². The first kappa shape index (κ1) is 29.2. The molecule has 0 aliphatic heterocycles.